The van der Waals surface area contributed by atoms with Gasteiger partial charge in [-0.3, -0.25) is 0 Å². The first-order valence-electron chi connectivity index (χ1n) is 5.89. The molecule has 0 radical (unpaired) electrons. The molecular formula is C13H16BrN3O. The Morgan fingerprint density at radius 3 is 2.50 bits per heavy atom. The van der Waals surface area contributed by atoms with E-state index in [0.717, 1.165) is 27.6 Å². The first kappa shape index (κ1) is 13.2. The van der Waals surface area contributed by atoms with Crippen LogP contribution < -0.4 is 5.73 Å². The Balaban J connectivity index is 2.40. The lowest BCUT2D eigenvalue weighted by atomic mass is 10.1. The molecule has 0 fully saturated rings. The molecule has 1 heterocycles. The zero-order valence-corrected chi connectivity index (χ0v) is 12.3. The number of hydrogen-bond donors (Lipinski definition) is 1. The predicted octanol–water partition coefficient (Wildman–Crippen LogP) is 3.53. The quantitative estimate of drug-likeness (QED) is 0.942. The largest absolute Gasteiger partial charge is 0.337 e. The molecule has 0 aliphatic rings. The SMILES string of the molecule is CCC(N)c1nc(-c2cc(C)c(Br)c(C)c2)no1. The van der Waals surface area contributed by atoms with Crippen molar-refractivity contribution in [2.24, 2.45) is 5.73 Å². The number of benzene rings is 1. The molecule has 2 rings (SSSR count). The summed E-state index contributed by atoms with van der Waals surface area (Å²) in [5, 5.41) is 3.99. The summed E-state index contributed by atoms with van der Waals surface area (Å²) in [4.78, 5) is 4.35. The number of aromatic nitrogens is 2. The van der Waals surface area contributed by atoms with Crippen LogP contribution in [-0.4, -0.2) is 10.1 Å². The van der Waals surface area contributed by atoms with Gasteiger partial charge in [0.15, 0.2) is 0 Å². The highest BCUT2D eigenvalue weighted by Crippen LogP contribution is 2.27. The van der Waals surface area contributed by atoms with Gasteiger partial charge in [-0.1, -0.05) is 28.0 Å². The van der Waals surface area contributed by atoms with Crippen LogP contribution >= 0.6 is 15.9 Å². The molecular weight excluding hydrogens is 294 g/mol. The van der Waals surface area contributed by atoms with Gasteiger partial charge in [-0.15, -0.1) is 0 Å². The van der Waals surface area contributed by atoms with E-state index in [-0.39, 0.29) is 6.04 Å². The van der Waals surface area contributed by atoms with Gasteiger partial charge in [-0.25, -0.2) is 0 Å². The van der Waals surface area contributed by atoms with Crippen molar-refractivity contribution in [2.75, 3.05) is 0 Å². The van der Waals surface area contributed by atoms with Crippen molar-refractivity contribution in [1.82, 2.24) is 10.1 Å². The van der Waals surface area contributed by atoms with E-state index in [2.05, 4.69) is 26.1 Å². The molecule has 2 N–H and O–H groups in total. The summed E-state index contributed by atoms with van der Waals surface area (Å²) in [5.74, 6) is 1.08. The fourth-order valence-corrected chi connectivity index (χ4v) is 1.98. The van der Waals surface area contributed by atoms with E-state index in [9.17, 15) is 0 Å². The molecule has 1 aromatic heterocycles. The minimum Gasteiger partial charge on any atom is -0.337 e. The van der Waals surface area contributed by atoms with Crippen molar-refractivity contribution in [2.45, 2.75) is 33.2 Å². The van der Waals surface area contributed by atoms with Crippen LogP contribution in [0.3, 0.4) is 0 Å². The third-order valence-electron chi connectivity index (χ3n) is 2.89. The predicted molar refractivity (Wildman–Crippen MR) is 74.1 cm³/mol. The van der Waals surface area contributed by atoms with Crippen LogP contribution in [0.25, 0.3) is 11.4 Å². The van der Waals surface area contributed by atoms with Crippen LogP contribution in [0.4, 0.5) is 0 Å². The van der Waals surface area contributed by atoms with Crippen molar-refractivity contribution < 1.29 is 4.52 Å². The Hall–Kier alpha value is -1.20. The zero-order chi connectivity index (χ0) is 13.3. The molecule has 0 spiro atoms. The average molecular weight is 310 g/mol. The van der Waals surface area contributed by atoms with Gasteiger partial charge >= 0.3 is 0 Å². The van der Waals surface area contributed by atoms with E-state index in [0.29, 0.717) is 11.7 Å². The molecule has 96 valence electrons. The molecule has 1 aromatic carbocycles. The Morgan fingerprint density at radius 2 is 1.94 bits per heavy atom. The minimum absolute atomic E-state index is 0.191. The second-order valence-corrected chi connectivity index (χ2v) is 5.19. The van der Waals surface area contributed by atoms with E-state index in [1.807, 2.05) is 32.9 Å². The third-order valence-corrected chi connectivity index (χ3v) is 4.14. The number of nitrogens with two attached hydrogens (primary N) is 1. The van der Waals surface area contributed by atoms with Crippen LogP contribution in [0.15, 0.2) is 21.1 Å². The Labute approximate surface area is 115 Å². The normalized spacial score (nSPS) is 12.7. The van der Waals surface area contributed by atoms with Gasteiger partial charge in [-0.2, -0.15) is 4.98 Å². The molecule has 4 nitrogen and oxygen atoms in total. The molecule has 0 amide bonds. The number of nitrogens with zero attached hydrogens (tertiary/aromatic N) is 2. The standard InChI is InChI=1S/C13H16BrN3O/c1-4-10(15)13-16-12(17-18-13)9-5-7(2)11(14)8(3)6-9/h5-6,10H,4,15H2,1-3H3. The number of aryl methyl sites for hydroxylation is 2. The summed E-state index contributed by atoms with van der Waals surface area (Å²) in [6, 6.07) is 3.87. The number of halogens is 1. The van der Waals surface area contributed by atoms with Gasteiger partial charge in [0.1, 0.15) is 0 Å². The maximum atomic E-state index is 5.87. The van der Waals surface area contributed by atoms with E-state index in [4.69, 9.17) is 10.3 Å². The third kappa shape index (κ3) is 2.47. The van der Waals surface area contributed by atoms with Crippen molar-refractivity contribution in [3.8, 4) is 11.4 Å². The fraction of sp³-hybridized carbons (Fsp3) is 0.385. The smallest absolute Gasteiger partial charge is 0.243 e. The highest BCUT2D eigenvalue weighted by molar-refractivity contribution is 9.10. The van der Waals surface area contributed by atoms with Crippen LogP contribution in [0.5, 0.6) is 0 Å². The van der Waals surface area contributed by atoms with E-state index in [1.165, 1.54) is 0 Å². The maximum absolute atomic E-state index is 5.87. The van der Waals surface area contributed by atoms with E-state index in [1.54, 1.807) is 0 Å². The molecule has 5 heteroatoms. The van der Waals surface area contributed by atoms with Gasteiger partial charge in [0, 0.05) is 10.0 Å². The van der Waals surface area contributed by atoms with Gasteiger partial charge in [0.25, 0.3) is 0 Å². The fourth-order valence-electron chi connectivity index (χ4n) is 1.75. The van der Waals surface area contributed by atoms with Gasteiger partial charge < -0.3 is 10.3 Å². The highest BCUT2D eigenvalue weighted by atomic mass is 79.9. The summed E-state index contributed by atoms with van der Waals surface area (Å²) >= 11 is 3.54. The lowest BCUT2D eigenvalue weighted by molar-refractivity contribution is 0.352. The first-order chi connectivity index (χ1) is 8.52. The molecule has 0 aliphatic heterocycles. The second-order valence-electron chi connectivity index (χ2n) is 4.39. The van der Waals surface area contributed by atoms with Crippen LogP contribution in [0.2, 0.25) is 0 Å². The zero-order valence-electron chi connectivity index (χ0n) is 10.7. The summed E-state index contributed by atoms with van der Waals surface area (Å²) in [6.45, 7) is 6.07. The molecule has 18 heavy (non-hydrogen) atoms. The maximum Gasteiger partial charge on any atom is 0.243 e. The van der Waals surface area contributed by atoms with Crippen molar-refractivity contribution in [3.05, 3.63) is 33.6 Å². The Morgan fingerprint density at radius 1 is 1.33 bits per heavy atom. The van der Waals surface area contributed by atoms with Crippen molar-refractivity contribution >= 4 is 15.9 Å². The molecule has 0 saturated heterocycles. The molecule has 0 saturated carbocycles. The van der Waals surface area contributed by atoms with Crippen molar-refractivity contribution in [1.29, 1.82) is 0 Å². The number of hydrogen-bond acceptors (Lipinski definition) is 4. The molecule has 1 atom stereocenters. The molecule has 0 aliphatic carbocycles. The monoisotopic (exact) mass is 309 g/mol. The lowest BCUT2D eigenvalue weighted by Crippen LogP contribution is -2.08. The Kier molecular flexibility index (Phi) is 3.82. The Bertz CT molecular complexity index is 542. The lowest BCUT2D eigenvalue weighted by Gasteiger charge is -2.04. The average Bonchev–Trinajstić information content (AvgIpc) is 2.84. The first-order valence-corrected chi connectivity index (χ1v) is 6.68. The van der Waals surface area contributed by atoms with E-state index < -0.39 is 0 Å². The summed E-state index contributed by atoms with van der Waals surface area (Å²) < 4.78 is 6.30. The van der Waals surface area contributed by atoms with Crippen molar-refractivity contribution in [3.63, 3.8) is 0 Å². The topological polar surface area (TPSA) is 64.9 Å². The second kappa shape index (κ2) is 5.20. The molecule has 0 bridgehead atoms. The van der Waals surface area contributed by atoms with Crippen LogP contribution in [0.1, 0.15) is 36.4 Å². The van der Waals surface area contributed by atoms with E-state index >= 15 is 0 Å². The number of rotatable bonds is 3. The summed E-state index contributed by atoms with van der Waals surface area (Å²) in [6.07, 6.45) is 0.778. The summed E-state index contributed by atoms with van der Waals surface area (Å²) in [5.41, 5.74) is 9.11. The van der Waals surface area contributed by atoms with Gasteiger partial charge in [0.2, 0.25) is 11.7 Å². The summed E-state index contributed by atoms with van der Waals surface area (Å²) in [7, 11) is 0. The highest BCUT2D eigenvalue weighted by Gasteiger charge is 2.15. The molecule has 2 aromatic rings. The molecule has 1 unspecified atom stereocenters. The van der Waals surface area contributed by atoms with Crippen LogP contribution in [0, 0.1) is 13.8 Å². The van der Waals surface area contributed by atoms with Crippen LogP contribution in [-0.2, 0) is 0 Å². The van der Waals surface area contributed by atoms with Gasteiger partial charge in [-0.05, 0) is 43.5 Å². The minimum atomic E-state index is -0.191. The van der Waals surface area contributed by atoms with Gasteiger partial charge in [0.05, 0.1) is 6.04 Å².